The lowest BCUT2D eigenvalue weighted by Gasteiger charge is -2.48. The fourth-order valence-corrected chi connectivity index (χ4v) is 3.27. The normalized spacial score (nSPS) is 54.0. The van der Waals surface area contributed by atoms with Gasteiger partial charge in [0.1, 0.15) is 0 Å². The molecule has 0 bridgehead atoms. The van der Waals surface area contributed by atoms with E-state index in [1.807, 2.05) is 6.92 Å². The predicted octanol–water partition coefficient (Wildman–Crippen LogP) is 2.35. The average Bonchev–Trinajstić information content (AvgIpc) is 2.00. The summed E-state index contributed by atoms with van der Waals surface area (Å²) in [6, 6.07) is 0. The van der Waals surface area contributed by atoms with E-state index in [9.17, 15) is 5.11 Å². The van der Waals surface area contributed by atoms with Gasteiger partial charge >= 0.3 is 0 Å². The van der Waals surface area contributed by atoms with Crippen molar-refractivity contribution in [2.45, 2.75) is 64.3 Å². The van der Waals surface area contributed by atoms with Crippen LogP contribution in [-0.4, -0.2) is 22.9 Å². The summed E-state index contributed by atoms with van der Waals surface area (Å²) in [6.45, 7) is 6.34. The van der Waals surface area contributed by atoms with Crippen LogP contribution in [0.25, 0.3) is 0 Å². The quantitative estimate of drug-likeness (QED) is 0.647. The van der Waals surface area contributed by atoms with Crippen molar-refractivity contribution < 1.29 is 9.84 Å². The van der Waals surface area contributed by atoms with Gasteiger partial charge in [-0.25, -0.2) is 0 Å². The predicted molar refractivity (Wildman–Crippen MR) is 56.1 cm³/mol. The Morgan fingerprint density at radius 1 is 1.29 bits per heavy atom. The van der Waals surface area contributed by atoms with E-state index in [0.717, 1.165) is 25.2 Å². The Bertz CT molecular complexity index is 210. The SMILES string of the molecule is CC1CCC2C(C1)OC(C)CC2(C)O. The molecule has 2 fully saturated rings. The summed E-state index contributed by atoms with van der Waals surface area (Å²) in [5.41, 5.74) is -0.498. The fourth-order valence-electron chi connectivity index (χ4n) is 3.27. The first kappa shape index (κ1) is 10.4. The Labute approximate surface area is 86.6 Å². The van der Waals surface area contributed by atoms with Crippen molar-refractivity contribution in [2.24, 2.45) is 11.8 Å². The molecule has 5 atom stereocenters. The smallest absolute Gasteiger partial charge is 0.0697 e. The van der Waals surface area contributed by atoms with Crippen LogP contribution in [0.4, 0.5) is 0 Å². The van der Waals surface area contributed by atoms with Crippen molar-refractivity contribution in [2.75, 3.05) is 0 Å². The van der Waals surface area contributed by atoms with Crippen LogP contribution in [0.5, 0.6) is 0 Å². The first-order valence-corrected chi connectivity index (χ1v) is 5.87. The minimum Gasteiger partial charge on any atom is -0.390 e. The molecule has 2 nitrogen and oxygen atoms in total. The van der Waals surface area contributed by atoms with E-state index >= 15 is 0 Å². The van der Waals surface area contributed by atoms with Gasteiger partial charge in [-0.05, 0) is 32.6 Å². The molecule has 5 unspecified atom stereocenters. The van der Waals surface area contributed by atoms with Gasteiger partial charge < -0.3 is 9.84 Å². The van der Waals surface area contributed by atoms with E-state index in [4.69, 9.17) is 4.74 Å². The highest BCUT2D eigenvalue weighted by molar-refractivity contribution is 4.96. The van der Waals surface area contributed by atoms with Gasteiger partial charge in [0.05, 0.1) is 17.8 Å². The zero-order valence-electron chi connectivity index (χ0n) is 9.49. The summed E-state index contributed by atoms with van der Waals surface area (Å²) < 4.78 is 5.94. The average molecular weight is 198 g/mol. The number of rotatable bonds is 0. The second-order valence-corrected chi connectivity index (χ2v) is 5.57. The molecule has 2 heteroatoms. The van der Waals surface area contributed by atoms with E-state index < -0.39 is 5.60 Å². The standard InChI is InChI=1S/C12H22O2/c1-8-4-5-10-11(6-8)14-9(2)7-12(10,3)13/h8-11,13H,4-7H2,1-3H3. The molecule has 14 heavy (non-hydrogen) atoms. The Hall–Kier alpha value is -0.0800. The summed E-state index contributed by atoms with van der Waals surface area (Å²) in [4.78, 5) is 0. The summed E-state index contributed by atoms with van der Waals surface area (Å²) in [5, 5.41) is 10.3. The molecule has 0 amide bonds. The highest BCUT2D eigenvalue weighted by atomic mass is 16.5. The van der Waals surface area contributed by atoms with E-state index in [-0.39, 0.29) is 6.10 Å². The van der Waals surface area contributed by atoms with Gasteiger partial charge in [-0.2, -0.15) is 0 Å². The van der Waals surface area contributed by atoms with Gasteiger partial charge in [0.25, 0.3) is 0 Å². The molecule has 2 aliphatic rings. The highest BCUT2D eigenvalue weighted by Crippen LogP contribution is 2.43. The number of aliphatic hydroxyl groups is 1. The van der Waals surface area contributed by atoms with Crippen molar-refractivity contribution >= 4 is 0 Å². The fraction of sp³-hybridized carbons (Fsp3) is 1.00. The zero-order chi connectivity index (χ0) is 10.3. The molecule has 1 heterocycles. The van der Waals surface area contributed by atoms with Crippen LogP contribution in [0.15, 0.2) is 0 Å². The van der Waals surface area contributed by atoms with Crippen molar-refractivity contribution in [3.8, 4) is 0 Å². The van der Waals surface area contributed by atoms with Gasteiger partial charge in [0.2, 0.25) is 0 Å². The molecule has 0 aromatic carbocycles. The Balaban J connectivity index is 2.12. The van der Waals surface area contributed by atoms with Crippen LogP contribution in [0, 0.1) is 11.8 Å². The van der Waals surface area contributed by atoms with Gasteiger partial charge in [-0.15, -0.1) is 0 Å². The molecule has 0 radical (unpaired) electrons. The Morgan fingerprint density at radius 2 is 2.00 bits per heavy atom. The largest absolute Gasteiger partial charge is 0.390 e. The third-order valence-corrected chi connectivity index (χ3v) is 3.96. The molecule has 1 N–H and O–H groups in total. The summed E-state index contributed by atoms with van der Waals surface area (Å²) in [5.74, 6) is 1.13. The second-order valence-electron chi connectivity index (χ2n) is 5.57. The molecular formula is C12H22O2. The molecular weight excluding hydrogens is 176 g/mol. The van der Waals surface area contributed by atoms with Gasteiger partial charge in [-0.1, -0.05) is 13.3 Å². The molecule has 2 rings (SSSR count). The van der Waals surface area contributed by atoms with E-state index in [1.165, 1.54) is 6.42 Å². The van der Waals surface area contributed by atoms with Crippen molar-refractivity contribution in [3.63, 3.8) is 0 Å². The van der Waals surface area contributed by atoms with Gasteiger partial charge in [0, 0.05) is 12.3 Å². The molecule has 0 aromatic heterocycles. The molecule has 0 aromatic rings. The van der Waals surface area contributed by atoms with Crippen LogP contribution < -0.4 is 0 Å². The maximum atomic E-state index is 10.3. The zero-order valence-corrected chi connectivity index (χ0v) is 9.49. The molecule has 0 spiro atoms. The lowest BCUT2D eigenvalue weighted by atomic mass is 9.69. The van der Waals surface area contributed by atoms with Gasteiger partial charge in [-0.3, -0.25) is 0 Å². The number of fused-ring (bicyclic) bond motifs is 1. The molecule has 1 aliphatic heterocycles. The summed E-state index contributed by atoms with van der Waals surface area (Å²) in [7, 11) is 0. The maximum Gasteiger partial charge on any atom is 0.0697 e. The highest BCUT2D eigenvalue weighted by Gasteiger charge is 2.46. The van der Waals surface area contributed by atoms with Crippen LogP contribution in [0.3, 0.4) is 0 Å². The van der Waals surface area contributed by atoms with Crippen LogP contribution in [0.2, 0.25) is 0 Å². The lowest BCUT2D eigenvalue weighted by molar-refractivity contribution is -0.190. The van der Waals surface area contributed by atoms with E-state index in [0.29, 0.717) is 12.0 Å². The minimum atomic E-state index is -0.498. The number of hydrogen-bond donors (Lipinski definition) is 1. The first-order valence-electron chi connectivity index (χ1n) is 5.87. The molecule has 1 saturated carbocycles. The Kier molecular flexibility index (Phi) is 2.61. The first-order chi connectivity index (χ1) is 6.49. The van der Waals surface area contributed by atoms with Crippen molar-refractivity contribution in [3.05, 3.63) is 0 Å². The van der Waals surface area contributed by atoms with E-state index in [2.05, 4.69) is 13.8 Å². The Morgan fingerprint density at radius 3 is 2.71 bits per heavy atom. The lowest BCUT2D eigenvalue weighted by Crippen LogP contribution is -2.53. The van der Waals surface area contributed by atoms with Crippen molar-refractivity contribution in [1.82, 2.24) is 0 Å². The van der Waals surface area contributed by atoms with Crippen LogP contribution in [0.1, 0.15) is 46.5 Å². The van der Waals surface area contributed by atoms with Gasteiger partial charge in [0.15, 0.2) is 0 Å². The summed E-state index contributed by atoms with van der Waals surface area (Å²) in [6.07, 6.45) is 4.82. The minimum absolute atomic E-state index is 0.219. The van der Waals surface area contributed by atoms with Crippen LogP contribution in [-0.2, 0) is 4.74 Å². The van der Waals surface area contributed by atoms with Crippen molar-refractivity contribution in [1.29, 1.82) is 0 Å². The third kappa shape index (κ3) is 1.82. The molecule has 1 aliphatic carbocycles. The molecule has 1 saturated heterocycles. The topological polar surface area (TPSA) is 29.5 Å². The van der Waals surface area contributed by atoms with Crippen LogP contribution >= 0.6 is 0 Å². The monoisotopic (exact) mass is 198 g/mol. The van der Waals surface area contributed by atoms with E-state index in [1.54, 1.807) is 0 Å². The second kappa shape index (κ2) is 3.49. The maximum absolute atomic E-state index is 10.3. The third-order valence-electron chi connectivity index (χ3n) is 3.96. The summed E-state index contributed by atoms with van der Waals surface area (Å²) >= 11 is 0. The number of ether oxygens (including phenoxy) is 1. The number of hydrogen-bond acceptors (Lipinski definition) is 2. The molecule has 82 valence electrons.